The van der Waals surface area contributed by atoms with Gasteiger partial charge in [0.15, 0.2) is 5.76 Å². The summed E-state index contributed by atoms with van der Waals surface area (Å²) < 4.78 is 10.6. The maximum Gasteiger partial charge on any atom is 0.325 e. The van der Waals surface area contributed by atoms with Crippen molar-refractivity contribution < 1.29 is 39.2 Å². The van der Waals surface area contributed by atoms with E-state index in [1.807, 2.05) is 18.2 Å². The van der Waals surface area contributed by atoms with Crippen molar-refractivity contribution in [3.63, 3.8) is 0 Å². The van der Waals surface area contributed by atoms with E-state index in [2.05, 4.69) is 10.1 Å². The monoisotopic (exact) mass is 513 g/mol. The summed E-state index contributed by atoms with van der Waals surface area (Å²) >= 11 is 0. The average molecular weight is 514 g/mol. The first-order valence-electron chi connectivity index (χ1n) is 11.7. The second-order valence-electron chi connectivity index (χ2n) is 8.73. The molecule has 1 amide bonds. The largest absolute Gasteiger partial charge is 0.508 e. The number of amides is 1. The summed E-state index contributed by atoms with van der Waals surface area (Å²) in [5.74, 6) is -2.23. The van der Waals surface area contributed by atoms with Crippen LogP contribution in [-0.2, 0) is 16.0 Å². The predicted molar refractivity (Wildman–Crippen MR) is 136 cm³/mol. The molecule has 192 valence electrons. The van der Waals surface area contributed by atoms with Gasteiger partial charge in [0.1, 0.15) is 29.9 Å². The Hall–Kier alpha value is -4.89. The van der Waals surface area contributed by atoms with Crippen molar-refractivity contribution in [1.29, 1.82) is 0 Å². The summed E-state index contributed by atoms with van der Waals surface area (Å²) in [7, 11) is 1.22. The van der Waals surface area contributed by atoms with Crippen LogP contribution in [0, 0.1) is 0 Å². The summed E-state index contributed by atoms with van der Waals surface area (Å²) in [5.41, 5.74) is 1.89. The fourth-order valence-electron chi connectivity index (χ4n) is 4.59. The smallest absolute Gasteiger partial charge is 0.325 e. The average Bonchev–Trinajstić information content (AvgIpc) is 2.92. The maximum atomic E-state index is 13.6. The minimum Gasteiger partial charge on any atom is -0.508 e. The number of fused-ring (bicyclic) bond motifs is 2. The third-order valence-corrected chi connectivity index (χ3v) is 6.51. The van der Waals surface area contributed by atoms with Crippen molar-refractivity contribution in [2.45, 2.75) is 12.5 Å². The standard InChI is InChI=1S/C29H23NO8/c1-37-22(33)14-30-29(36)17-8-6-15(7-9-17)18-11-10-16-4-2-3-5-21(16)38-28-23(18)26(34)24-19(31)12-13-20(32)25(24)27(28)35/h2-9,11-13,26,31-32,34H,10,14H2,1H3,(H,30,36)/b18-11+. The van der Waals surface area contributed by atoms with Gasteiger partial charge in [-0.25, -0.2) is 0 Å². The summed E-state index contributed by atoms with van der Waals surface area (Å²) in [5, 5.41) is 34.9. The molecule has 0 aromatic heterocycles. The Morgan fingerprint density at radius 3 is 2.47 bits per heavy atom. The molecule has 3 aromatic rings. The number of aliphatic hydroxyl groups excluding tert-OH is 1. The van der Waals surface area contributed by atoms with Crippen molar-refractivity contribution in [2.75, 3.05) is 13.7 Å². The van der Waals surface area contributed by atoms with Gasteiger partial charge in [0.25, 0.3) is 5.91 Å². The highest BCUT2D eigenvalue weighted by molar-refractivity contribution is 6.15. The second-order valence-corrected chi connectivity index (χ2v) is 8.73. The number of Topliss-reactive ketones (excluding diaryl/α,β-unsaturated/α-hetero) is 1. The number of phenols is 2. The van der Waals surface area contributed by atoms with Gasteiger partial charge in [-0.1, -0.05) is 36.4 Å². The number of carbonyl (C=O) groups excluding carboxylic acids is 3. The van der Waals surface area contributed by atoms with Gasteiger partial charge in [-0.05, 0) is 53.5 Å². The van der Waals surface area contributed by atoms with Crippen LogP contribution in [0.5, 0.6) is 17.2 Å². The predicted octanol–water partition coefficient (Wildman–Crippen LogP) is 3.20. The fourth-order valence-corrected chi connectivity index (χ4v) is 4.59. The molecule has 1 atom stereocenters. The van der Waals surface area contributed by atoms with E-state index in [1.54, 1.807) is 36.4 Å². The highest BCUT2D eigenvalue weighted by Crippen LogP contribution is 2.48. The van der Waals surface area contributed by atoms with E-state index in [1.165, 1.54) is 19.2 Å². The molecule has 1 unspecified atom stereocenters. The maximum absolute atomic E-state index is 13.6. The number of rotatable bonds is 4. The highest BCUT2D eigenvalue weighted by Gasteiger charge is 2.40. The van der Waals surface area contributed by atoms with E-state index in [0.29, 0.717) is 23.3 Å². The van der Waals surface area contributed by atoms with Crippen LogP contribution in [0.2, 0.25) is 0 Å². The van der Waals surface area contributed by atoms with Crippen LogP contribution in [0.1, 0.15) is 43.5 Å². The number of nitrogens with one attached hydrogen (secondary N) is 1. The molecule has 9 heteroatoms. The molecule has 0 bridgehead atoms. The first-order valence-corrected chi connectivity index (χ1v) is 11.7. The molecule has 2 aliphatic rings. The van der Waals surface area contributed by atoms with Gasteiger partial charge in [0.2, 0.25) is 5.78 Å². The number of hydrogen-bond acceptors (Lipinski definition) is 8. The van der Waals surface area contributed by atoms with Gasteiger partial charge in [-0.15, -0.1) is 0 Å². The summed E-state index contributed by atoms with van der Waals surface area (Å²) in [6.45, 7) is -0.278. The summed E-state index contributed by atoms with van der Waals surface area (Å²) in [6, 6.07) is 15.9. The molecule has 1 aliphatic heterocycles. The number of carbonyl (C=O) groups is 3. The van der Waals surface area contributed by atoms with Gasteiger partial charge in [0, 0.05) is 16.7 Å². The number of methoxy groups -OCH3 is 1. The van der Waals surface area contributed by atoms with Crippen LogP contribution >= 0.6 is 0 Å². The van der Waals surface area contributed by atoms with Crippen molar-refractivity contribution in [3.05, 3.63) is 106 Å². The lowest BCUT2D eigenvalue weighted by atomic mass is 9.79. The third kappa shape index (κ3) is 4.29. The number of aliphatic hydroxyl groups is 1. The Kier molecular flexibility index (Phi) is 6.44. The van der Waals surface area contributed by atoms with Gasteiger partial charge in [-0.2, -0.15) is 0 Å². The molecule has 5 rings (SSSR count). The minimum absolute atomic E-state index is 0.115. The van der Waals surface area contributed by atoms with Crippen LogP contribution in [0.25, 0.3) is 5.57 Å². The Bertz CT molecular complexity index is 1530. The zero-order valence-corrected chi connectivity index (χ0v) is 20.2. The molecule has 38 heavy (non-hydrogen) atoms. The van der Waals surface area contributed by atoms with Crippen molar-refractivity contribution in [1.82, 2.24) is 5.32 Å². The number of benzene rings is 3. The molecule has 0 spiro atoms. The lowest BCUT2D eigenvalue weighted by Crippen LogP contribution is -2.30. The molecule has 0 fully saturated rings. The molecule has 9 nitrogen and oxygen atoms in total. The van der Waals surface area contributed by atoms with E-state index in [9.17, 15) is 29.7 Å². The molecular formula is C29H23NO8. The Balaban J connectivity index is 1.61. The SMILES string of the molecule is COC(=O)CNC(=O)c1ccc(/C2=C\Cc3ccccc3OC3=C2C(O)c2c(O)ccc(O)c2C3=O)cc1. The zero-order chi connectivity index (χ0) is 27.0. The number of phenolic OH excluding ortho intramolecular Hbond substituents is 2. The topological polar surface area (TPSA) is 142 Å². The van der Waals surface area contributed by atoms with Gasteiger partial charge in [-0.3, -0.25) is 14.4 Å². The Labute approximate surface area is 217 Å². The van der Waals surface area contributed by atoms with Crippen LogP contribution in [0.4, 0.5) is 0 Å². The molecular weight excluding hydrogens is 490 g/mol. The summed E-state index contributed by atoms with van der Waals surface area (Å²) in [4.78, 5) is 37.4. The van der Waals surface area contributed by atoms with Crippen LogP contribution < -0.4 is 10.1 Å². The Morgan fingerprint density at radius 1 is 1.03 bits per heavy atom. The molecule has 3 aromatic carbocycles. The van der Waals surface area contributed by atoms with Gasteiger partial charge < -0.3 is 30.1 Å². The molecule has 1 heterocycles. The third-order valence-electron chi connectivity index (χ3n) is 6.51. The summed E-state index contributed by atoms with van der Waals surface area (Å²) in [6.07, 6.45) is 0.748. The van der Waals surface area contributed by atoms with Gasteiger partial charge in [0.05, 0.1) is 12.7 Å². The molecule has 0 saturated carbocycles. The number of para-hydroxylation sites is 1. The Morgan fingerprint density at radius 2 is 1.74 bits per heavy atom. The first kappa shape index (κ1) is 24.8. The van der Waals surface area contributed by atoms with Crippen molar-refractivity contribution in [2.24, 2.45) is 0 Å². The number of hydrogen-bond donors (Lipinski definition) is 4. The number of ketones is 1. The zero-order valence-electron chi connectivity index (χ0n) is 20.2. The minimum atomic E-state index is -1.50. The number of ether oxygens (including phenoxy) is 2. The first-order chi connectivity index (χ1) is 18.3. The highest BCUT2D eigenvalue weighted by atomic mass is 16.5. The lowest BCUT2D eigenvalue weighted by molar-refractivity contribution is -0.139. The quantitative estimate of drug-likeness (QED) is 0.308. The van der Waals surface area contributed by atoms with E-state index >= 15 is 0 Å². The van der Waals surface area contributed by atoms with Gasteiger partial charge >= 0.3 is 5.97 Å². The van der Waals surface area contributed by atoms with Crippen molar-refractivity contribution >= 4 is 23.2 Å². The number of allylic oxidation sites excluding steroid dienone is 2. The van der Waals surface area contributed by atoms with Crippen LogP contribution in [0.15, 0.2) is 78.1 Å². The van der Waals surface area contributed by atoms with Crippen molar-refractivity contribution in [3.8, 4) is 17.2 Å². The molecule has 0 saturated heterocycles. The lowest BCUT2D eigenvalue weighted by Gasteiger charge is -2.30. The fraction of sp³-hybridized carbons (Fsp3) is 0.138. The van der Waals surface area contributed by atoms with E-state index in [4.69, 9.17) is 4.74 Å². The van der Waals surface area contributed by atoms with E-state index < -0.39 is 23.8 Å². The molecule has 0 radical (unpaired) electrons. The van der Waals surface area contributed by atoms with Crippen LogP contribution in [0.3, 0.4) is 0 Å². The number of aromatic hydroxyl groups is 2. The van der Waals surface area contributed by atoms with Crippen LogP contribution in [-0.4, -0.2) is 46.6 Å². The molecule has 1 aliphatic carbocycles. The number of esters is 1. The second kappa shape index (κ2) is 9.87. The molecule has 4 N–H and O–H groups in total. The van der Waals surface area contributed by atoms with E-state index in [0.717, 1.165) is 5.56 Å². The normalized spacial score (nSPS) is 17.5. The van der Waals surface area contributed by atoms with E-state index in [-0.39, 0.29) is 46.1 Å².